The van der Waals surface area contributed by atoms with E-state index in [1.54, 1.807) is 125 Å². The number of aryl methyl sites for hydroxylation is 3. The molecular weight excluding hydrogens is 1820 g/mol. The lowest BCUT2D eigenvalue weighted by molar-refractivity contribution is -0.139. The van der Waals surface area contributed by atoms with Crippen LogP contribution in [0.3, 0.4) is 0 Å². The van der Waals surface area contributed by atoms with Gasteiger partial charge in [0.1, 0.15) is 40.1 Å². The normalized spacial score (nSPS) is 11.1. The number of nitrogens with one attached hydrogen (secondary N) is 3. The second-order valence-electron chi connectivity index (χ2n) is 31.6. The molecule has 30 heteroatoms. The summed E-state index contributed by atoms with van der Waals surface area (Å²) in [6.45, 7) is 9.13. The van der Waals surface area contributed by atoms with Gasteiger partial charge >= 0.3 is 36.0 Å². The van der Waals surface area contributed by atoms with Crippen molar-refractivity contribution in [1.29, 1.82) is 0 Å². The van der Waals surface area contributed by atoms with Crippen LogP contribution in [0.15, 0.2) is 318 Å². The molecule has 1 atom stereocenters. The minimum Gasteiger partial charge on any atom is -0.497 e. The maximum absolute atomic E-state index is 13.1. The predicted octanol–water partition coefficient (Wildman–Crippen LogP) is 24.6. The third kappa shape index (κ3) is 28.2. The highest BCUT2D eigenvalue weighted by atomic mass is 35.5. The number of hydroxylamine groups is 1. The number of hydrogen-bond acceptors (Lipinski definition) is 19. The van der Waals surface area contributed by atoms with Gasteiger partial charge in [-0.15, -0.1) is 0 Å². The first-order valence-electron chi connectivity index (χ1n) is 43.4. The zero-order valence-corrected chi connectivity index (χ0v) is 78.6. The molecule has 0 saturated carbocycles. The van der Waals surface area contributed by atoms with Gasteiger partial charge in [-0.25, -0.2) is 25.0 Å². The number of halogens is 4. The van der Waals surface area contributed by atoms with Crippen molar-refractivity contribution in [1.82, 2.24) is 20.0 Å². The Hall–Kier alpha value is -16.4. The molecule has 139 heavy (non-hydrogen) atoms. The van der Waals surface area contributed by atoms with Gasteiger partial charge in [0.2, 0.25) is 5.91 Å². The lowest BCUT2D eigenvalue weighted by atomic mass is 9.98. The van der Waals surface area contributed by atoms with Crippen molar-refractivity contribution in [2.45, 2.75) is 95.0 Å². The average molecular weight is 1920 g/mol. The van der Waals surface area contributed by atoms with Crippen molar-refractivity contribution in [2.24, 2.45) is 0 Å². The minimum absolute atomic E-state index is 0.00295. The van der Waals surface area contributed by atoms with Gasteiger partial charge in [0.15, 0.2) is 11.7 Å². The highest BCUT2D eigenvalue weighted by molar-refractivity contribution is 7.99. The topological polar surface area (TPSA) is 369 Å². The molecule has 25 nitrogen and oxygen atoms in total. The number of aromatic carboxylic acids is 2. The van der Waals surface area contributed by atoms with Gasteiger partial charge in [0, 0.05) is 80.0 Å². The Morgan fingerprint density at radius 3 is 1.74 bits per heavy atom. The van der Waals surface area contributed by atoms with Crippen LogP contribution in [0.1, 0.15) is 114 Å². The molecule has 13 aromatic carbocycles. The number of pyridine rings is 1. The Kier molecular flexibility index (Phi) is 36.1. The SMILES string of the molecule is CN1c2ccccc2Sc2ccc(CC(=O)O)cc21.COc1ccc2c(c1)c(CC(=O)NO)c(C)n2C(=O)c1ccc(Cl)cc1.COc1ccc2cc(C(C)C(=O)O)ccc2c1.COc1ccc2cc(CCC(C)=O)ccc2c1.Cc1cccc(Nc2ccccc2C(=O)O)c1C.O=C(O)CCc1nc(-c2ccccc2)c(-c2ccccc2)o1.O=C(O)c1cccnc1Nc1cccc(C(F)(F)F)c1. The predicted molar refractivity (Wildman–Crippen MR) is 532 cm³/mol. The molecule has 9 N–H and O–H groups in total. The maximum Gasteiger partial charge on any atom is 0.416 e. The molecule has 712 valence electrons. The Morgan fingerprint density at radius 2 is 1.11 bits per heavy atom. The number of methoxy groups -OCH3 is 3. The number of carboxylic acid groups (broad SMARTS) is 5. The molecular formula is C109H99ClF3N7O18S. The largest absolute Gasteiger partial charge is 0.497 e. The molecule has 0 aliphatic carbocycles. The first-order valence-corrected chi connectivity index (χ1v) is 44.6. The second-order valence-corrected chi connectivity index (χ2v) is 33.2. The lowest BCUT2D eigenvalue weighted by Gasteiger charge is -2.29. The van der Waals surface area contributed by atoms with E-state index in [2.05, 4.69) is 55.8 Å². The number of ether oxygens (including phenoxy) is 3. The quantitative estimate of drug-likeness (QED) is 0.0200. The molecule has 0 fully saturated rings. The van der Waals surface area contributed by atoms with Gasteiger partial charge in [-0.3, -0.25) is 33.7 Å². The van der Waals surface area contributed by atoms with Gasteiger partial charge in [-0.2, -0.15) is 13.2 Å². The van der Waals surface area contributed by atoms with Crippen molar-refractivity contribution in [3.8, 4) is 39.8 Å². The highest BCUT2D eigenvalue weighted by Gasteiger charge is 2.31. The van der Waals surface area contributed by atoms with E-state index in [0.29, 0.717) is 62.3 Å². The Labute approximate surface area is 808 Å². The number of carboxylic acids is 5. The molecule has 1 unspecified atom stereocenters. The van der Waals surface area contributed by atoms with E-state index in [0.717, 1.165) is 102 Å². The van der Waals surface area contributed by atoms with E-state index in [-0.39, 0.29) is 60.0 Å². The molecule has 3 aromatic heterocycles. The summed E-state index contributed by atoms with van der Waals surface area (Å²) in [6.07, 6.45) is -1.40. The molecule has 4 heterocycles. The molecule has 0 radical (unpaired) electrons. The van der Waals surface area contributed by atoms with Crippen molar-refractivity contribution < 1.29 is 101 Å². The number of oxazole rings is 1. The molecule has 0 saturated heterocycles. The van der Waals surface area contributed by atoms with Crippen LogP contribution in [0.4, 0.5) is 47.4 Å². The summed E-state index contributed by atoms with van der Waals surface area (Å²) in [6, 6.07) is 89.2. The zero-order chi connectivity index (χ0) is 100. The number of Topliss-reactive ketones (excluding diaryl/α,β-unsaturated/α-hetero) is 1. The van der Waals surface area contributed by atoms with Crippen LogP contribution in [0.5, 0.6) is 17.2 Å². The van der Waals surface area contributed by atoms with Gasteiger partial charge in [0.05, 0.1) is 80.2 Å². The van der Waals surface area contributed by atoms with Crippen LogP contribution in [0.25, 0.3) is 55.0 Å². The van der Waals surface area contributed by atoms with Gasteiger partial charge in [0.25, 0.3) is 5.91 Å². The third-order valence-electron chi connectivity index (χ3n) is 22.1. The summed E-state index contributed by atoms with van der Waals surface area (Å²) >= 11 is 7.62. The number of para-hydroxylation sites is 2. The maximum atomic E-state index is 13.1. The number of fused-ring (bicyclic) bond motifs is 5. The fraction of sp³-hybridized carbons (Fsp3) is 0.156. The van der Waals surface area contributed by atoms with Crippen LogP contribution >= 0.6 is 23.4 Å². The smallest absolute Gasteiger partial charge is 0.416 e. The average Bonchev–Trinajstić information content (AvgIpc) is 1.52. The monoisotopic (exact) mass is 1920 g/mol. The number of rotatable bonds is 24. The third-order valence-corrected chi connectivity index (χ3v) is 23.5. The highest BCUT2D eigenvalue weighted by Crippen LogP contribution is 2.48. The van der Waals surface area contributed by atoms with Crippen LogP contribution in [-0.2, 0) is 55.8 Å². The number of hydrogen-bond donors (Lipinski definition) is 9. The molecule has 0 spiro atoms. The van der Waals surface area contributed by atoms with Gasteiger partial charge in [-0.1, -0.05) is 181 Å². The second kappa shape index (κ2) is 48.7. The van der Waals surface area contributed by atoms with Gasteiger partial charge < -0.3 is 64.5 Å². The number of amides is 1. The summed E-state index contributed by atoms with van der Waals surface area (Å²) in [5, 5.41) is 65.1. The summed E-state index contributed by atoms with van der Waals surface area (Å²) in [7, 11) is 6.86. The number of ketones is 1. The van der Waals surface area contributed by atoms with Crippen LogP contribution < -0.4 is 35.2 Å². The van der Waals surface area contributed by atoms with E-state index < -0.39 is 53.4 Å². The summed E-state index contributed by atoms with van der Waals surface area (Å²) < 4.78 is 60.7. The number of anilines is 6. The number of aliphatic carboxylic acids is 3. The number of aromatic nitrogens is 3. The van der Waals surface area contributed by atoms with Crippen LogP contribution in [0, 0.1) is 20.8 Å². The van der Waals surface area contributed by atoms with Gasteiger partial charge in [-0.05, 0) is 235 Å². The molecule has 16 aromatic rings. The van der Waals surface area contributed by atoms with E-state index in [1.165, 1.54) is 51.9 Å². The number of benzene rings is 13. The molecule has 1 aliphatic rings. The Balaban J connectivity index is 0.000000156. The lowest BCUT2D eigenvalue weighted by Crippen LogP contribution is -2.21. The Morgan fingerprint density at radius 1 is 0.532 bits per heavy atom. The van der Waals surface area contributed by atoms with Crippen molar-refractivity contribution in [3.05, 3.63) is 376 Å². The molecule has 17 rings (SSSR count). The standard InChI is InChI=1S/C19H17ClN2O4.C18H15NO3.C15H13NO2S.C15H15NO2.C15H16O2.C14H14O3.C13H9F3N2O2/c1-11-15(10-18(23)21-25)16-9-14(26-2)7-8-17(16)22(11)19(24)12-3-5-13(20)6-4-12;20-16(21)12-11-15-19-17(13-7-3-1-4-8-13)18(22-15)14-9-5-2-6-10-14;1-16-11-4-2-3-5-13(11)19-14-7-6-10(8-12(14)16)9-15(17)18;1-10-6-5-9-13(11(10)2)16-14-8-4-3-7-12(14)15(17)18;1-11(16)3-4-12-5-6-14-10-15(17-2)8-7-13(14)9-12;1-9(14(15)16)10-3-4-12-8-13(17-2)6-5-11(12)7-10;14-13(15,16)8-3-1-4-9(7-8)18-11-10(12(19)20)5-2-6-17-11/h3-9,25H,10H2,1-2H3,(H,21,23);1-10H,11-12H2,(H,20,21);2-8H,9H2,1H3,(H,17,18);3-9,16H,1-2H3,(H,17,18);5-10H,3-4H2,1-2H3;3-9H,1-2H3,(H,15,16);1-7H,(H,17,18)(H,19,20). The molecule has 1 amide bonds. The zero-order valence-electron chi connectivity index (χ0n) is 77.0. The van der Waals surface area contributed by atoms with E-state index in [1.807, 2.05) is 191 Å². The summed E-state index contributed by atoms with van der Waals surface area (Å²) in [5.74, 6) is -2.27. The molecule has 1 aliphatic heterocycles. The van der Waals surface area contributed by atoms with E-state index in [9.17, 15) is 51.5 Å². The van der Waals surface area contributed by atoms with E-state index >= 15 is 0 Å². The summed E-state index contributed by atoms with van der Waals surface area (Å²) in [5.41, 5.74) is 15.0. The fourth-order valence-electron chi connectivity index (χ4n) is 14.6. The van der Waals surface area contributed by atoms with E-state index in [4.69, 9.17) is 61.0 Å². The van der Waals surface area contributed by atoms with Crippen molar-refractivity contribution >= 4 is 138 Å². The fourth-order valence-corrected chi connectivity index (χ4v) is 15.8. The number of nitrogens with zero attached hydrogens (tertiary/aromatic N) is 4. The number of alkyl halides is 3. The minimum atomic E-state index is -4.46. The molecule has 0 bridgehead atoms. The first-order chi connectivity index (χ1) is 66.6. The van der Waals surface area contributed by atoms with Crippen LogP contribution in [-0.4, -0.2) is 121 Å². The first kappa shape index (κ1) is 103. The van der Waals surface area contributed by atoms with Crippen LogP contribution in [0.2, 0.25) is 5.02 Å². The number of carbonyl (C=O) groups is 8. The number of carbonyl (C=O) groups excluding carboxylic acids is 3. The Bertz CT molecular complexity index is 7040. The summed E-state index contributed by atoms with van der Waals surface area (Å²) in [4.78, 5) is 103. The van der Waals surface area contributed by atoms with Crippen molar-refractivity contribution in [3.63, 3.8) is 0 Å². The van der Waals surface area contributed by atoms with Crippen molar-refractivity contribution in [2.75, 3.05) is 43.9 Å².